The average Bonchev–Trinajstić information content (AvgIpc) is 2.53. The van der Waals surface area contributed by atoms with E-state index in [-0.39, 0.29) is 11.7 Å². The van der Waals surface area contributed by atoms with E-state index in [2.05, 4.69) is 10.3 Å². The van der Waals surface area contributed by atoms with Crippen molar-refractivity contribution in [1.29, 1.82) is 0 Å². The summed E-state index contributed by atoms with van der Waals surface area (Å²) in [6.45, 7) is 0.464. The number of likely N-dealkylation sites (N-methyl/N-ethyl adjacent to an activating group) is 1. The van der Waals surface area contributed by atoms with Crippen molar-refractivity contribution in [2.45, 2.75) is 12.6 Å². The third-order valence-corrected chi connectivity index (χ3v) is 3.33. The predicted molar refractivity (Wildman–Crippen MR) is 79.8 cm³/mol. The van der Waals surface area contributed by atoms with E-state index in [1.54, 1.807) is 31.0 Å². The number of aromatic nitrogens is 2. The highest BCUT2D eigenvalue weighted by atomic mass is 16.5. The summed E-state index contributed by atoms with van der Waals surface area (Å²) in [6.07, 6.45) is 3.21. The quantitative estimate of drug-likeness (QED) is 0.866. The van der Waals surface area contributed by atoms with E-state index < -0.39 is 0 Å². The molecule has 0 aliphatic rings. The van der Waals surface area contributed by atoms with Gasteiger partial charge in [0, 0.05) is 30.6 Å². The van der Waals surface area contributed by atoms with Crippen LogP contribution < -0.4 is 20.5 Å². The smallest absolute Gasteiger partial charge is 0.347 e. The highest BCUT2D eigenvalue weighted by molar-refractivity contribution is 5.42. The molecule has 1 heterocycles. The summed E-state index contributed by atoms with van der Waals surface area (Å²) < 4.78 is 12.2. The van der Waals surface area contributed by atoms with E-state index in [1.807, 2.05) is 25.2 Å². The largest absolute Gasteiger partial charge is 0.497 e. The maximum Gasteiger partial charge on any atom is 0.347 e. The predicted octanol–water partition coefficient (Wildman–Crippen LogP) is 1.22. The first-order chi connectivity index (χ1) is 10.2. The molecule has 2 rings (SSSR count). The van der Waals surface area contributed by atoms with E-state index >= 15 is 0 Å². The molecule has 1 aromatic heterocycles. The Labute approximate surface area is 123 Å². The second-order valence-electron chi connectivity index (χ2n) is 4.50. The molecule has 1 unspecified atom stereocenters. The number of hydrogen-bond acceptors (Lipinski definition) is 5. The molecule has 0 aliphatic heterocycles. The van der Waals surface area contributed by atoms with Crippen LogP contribution in [-0.4, -0.2) is 30.8 Å². The van der Waals surface area contributed by atoms with E-state index in [9.17, 15) is 4.79 Å². The van der Waals surface area contributed by atoms with Crippen LogP contribution in [0.2, 0.25) is 0 Å². The zero-order chi connectivity index (χ0) is 15.2. The Morgan fingerprint density at radius 2 is 2.14 bits per heavy atom. The fraction of sp³-hybridized carbons (Fsp3) is 0.333. The molecule has 0 bridgehead atoms. The molecule has 2 aromatic rings. The molecule has 1 aromatic carbocycles. The number of rotatable bonds is 6. The number of methoxy groups -OCH3 is 2. The fourth-order valence-electron chi connectivity index (χ4n) is 2.17. The molecule has 0 saturated carbocycles. The zero-order valence-corrected chi connectivity index (χ0v) is 12.4. The second kappa shape index (κ2) is 6.90. The standard InChI is InChI=1S/C15H19N3O3/c1-16-13(10-18-8-4-7-17-15(18)19)12-6-5-11(20-2)9-14(12)21-3/h4-9,13,16H,10H2,1-3H3. The lowest BCUT2D eigenvalue weighted by atomic mass is 10.1. The zero-order valence-electron chi connectivity index (χ0n) is 12.4. The van der Waals surface area contributed by atoms with Crippen molar-refractivity contribution in [3.8, 4) is 11.5 Å². The van der Waals surface area contributed by atoms with Crippen molar-refractivity contribution in [3.63, 3.8) is 0 Å². The first-order valence-electron chi connectivity index (χ1n) is 6.60. The van der Waals surface area contributed by atoms with Crippen LogP contribution in [0.25, 0.3) is 0 Å². The maximum atomic E-state index is 11.7. The Hall–Kier alpha value is -2.34. The highest BCUT2D eigenvalue weighted by Crippen LogP contribution is 2.29. The lowest BCUT2D eigenvalue weighted by Crippen LogP contribution is -2.29. The van der Waals surface area contributed by atoms with E-state index in [0.717, 1.165) is 11.3 Å². The van der Waals surface area contributed by atoms with Gasteiger partial charge in [-0.2, -0.15) is 0 Å². The van der Waals surface area contributed by atoms with Gasteiger partial charge in [0.2, 0.25) is 0 Å². The van der Waals surface area contributed by atoms with Crippen LogP contribution in [0.1, 0.15) is 11.6 Å². The maximum absolute atomic E-state index is 11.7. The molecule has 1 N–H and O–H groups in total. The molecule has 6 nitrogen and oxygen atoms in total. The molecule has 0 fully saturated rings. The summed E-state index contributed by atoms with van der Waals surface area (Å²) in [6, 6.07) is 7.28. The Kier molecular flexibility index (Phi) is 4.94. The van der Waals surface area contributed by atoms with Crippen LogP contribution >= 0.6 is 0 Å². The molecule has 0 radical (unpaired) electrons. The lowest BCUT2D eigenvalue weighted by Gasteiger charge is -2.20. The number of ether oxygens (including phenoxy) is 2. The topological polar surface area (TPSA) is 65.4 Å². The minimum Gasteiger partial charge on any atom is -0.497 e. The first kappa shape index (κ1) is 15.1. The minimum absolute atomic E-state index is 0.0762. The summed E-state index contributed by atoms with van der Waals surface area (Å²) in [5.41, 5.74) is 0.682. The van der Waals surface area contributed by atoms with Crippen LogP contribution in [0.15, 0.2) is 41.5 Å². The molecule has 0 spiro atoms. The van der Waals surface area contributed by atoms with Crippen molar-refractivity contribution in [2.24, 2.45) is 0 Å². The van der Waals surface area contributed by atoms with Gasteiger partial charge >= 0.3 is 5.69 Å². The molecule has 21 heavy (non-hydrogen) atoms. The van der Waals surface area contributed by atoms with E-state index in [1.165, 1.54) is 6.20 Å². The minimum atomic E-state index is -0.273. The monoisotopic (exact) mass is 289 g/mol. The van der Waals surface area contributed by atoms with E-state index in [0.29, 0.717) is 12.3 Å². The SMILES string of the molecule is CNC(Cn1cccnc1=O)c1ccc(OC)cc1OC. The first-order valence-corrected chi connectivity index (χ1v) is 6.60. The molecule has 112 valence electrons. The van der Waals surface area contributed by atoms with Gasteiger partial charge in [0.15, 0.2) is 0 Å². The molecule has 0 aliphatic carbocycles. The molecular weight excluding hydrogens is 270 g/mol. The molecule has 0 amide bonds. The van der Waals surface area contributed by atoms with Gasteiger partial charge in [0.05, 0.1) is 20.3 Å². The molecule has 0 saturated heterocycles. The molecule has 6 heteroatoms. The number of benzene rings is 1. The molecular formula is C15H19N3O3. The lowest BCUT2D eigenvalue weighted by molar-refractivity contribution is 0.380. The van der Waals surface area contributed by atoms with Gasteiger partial charge in [0.25, 0.3) is 0 Å². The van der Waals surface area contributed by atoms with Crippen molar-refractivity contribution >= 4 is 0 Å². The Balaban J connectivity index is 2.33. The van der Waals surface area contributed by atoms with Crippen LogP contribution in [-0.2, 0) is 6.54 Å². The normalized spacial score (nSPS) is 12.0. The van der Waals surface area contributed by atoms with Crippen LogP contribution in [0.4, 0.5) is 0 Å². The van der Waals surface area contributed by atoms with Crippen molar-refractivity contribution < 1.29 is 9.47 Å². The number of nitrogens with zero attached hydrogens (tertiary/aromatic N) is 2. The van der Waals surface area contributed by atoms with Gasteiger partial charge in [-0.1, -0.05) is 0 Å². The van der Waals surface area contributed by atoms with Gasteiger partial charge in [-0.15, -0.1) is 0 Å². The summed E-state index contributed by atoms with van der Waals surface area (Å²) in [5, 5.41) is 3.20. The van der Waals surface area contributed by atoms with Crippen LogP contribution in [0, 0.1) is 0 Å². The Bertz CT molecular complexity index is 655. The van der Waals surface area contributed by atoms with E-state index in [4.69, 9.17) is 9.47 Å². The Morgan fingerprint density at radius 1 is 1.33 bits per heavy atom. The van der Waals surface area contributed by atoms with Crippen molar-refractivity contribution in [1.82, 2.24) is 14.9 Å². The van der Waals surface area contributed by atoms with Crippen molar-refractivity contribution in [2.75, 3.05) is 21.3 Å². The van der Waals surface area contributed by atoms with Gasteiger partial charge < -0.3 is 14.8 Å². The second-order valence-corrected chi connectivity index (χ2v) is 4.50. The van der Waals surface area contributed by atoms with Gasteiger partial charge in [-0.05, 0) is 25.2 Å². The van der Waals surface area contributed by atoms with Gasteiger partial charge in [-0.3, -0.25) is 4.57 Å². The average molecular weight is 289 g/mol. The summed E-state index contributed by atoms with van der Waals surface area (Å²) >= 11 is 0. The Morgan fingerprint density at radius 3 is 2.76 bits per heavy atom. The highest BCUT2D eigenvalue weighted by Gasteiger charge is 2.16. The van der Waals surface area contributed by atoms with Gasteiger partial charge in [0.1, 0.15) is 11.5 Å². The third kappa shape index (κ3) is 3.41. The van der Waals surface area contributed by atoms with Gasteiger partial charge in [-0.25, -0.2) is 9.78 Å². The third-order valence-electron chi connectivity index (χ3n) is 3.33. The number of hydrogen-bond donors (Lipinski definition) is 1. The number of nitrogens with one attached hydrogen (secondary N) is 1. The summed E-state index contributed by atoms with van der Waals surface area (Å²) in [7, 11) is 5.07. The summed E-state index contributed by atoms with van der Waals surface area (Å²) in [5.74, 6) is 1.44. The van der Waals surface area contributed by atoms with Crippen LogP contribution in [0.3, 0.4) is 0 Å². The summed E-state index contributed by atoms with van der Waals surface area (Å²) in [4.78, 5) is 15.5. The van der Waals surface area contributed by atoms with Crippen molar-refractivity contribution in [3.05, 3.63) is 52.7 Å². The molecule has 1 atom stereocenters. The van der Waals surface area contributed by atoms with Crippen LogP contribution in [0.5, 0.6) is 11.5 Å². The fourth-order valence-corrected chi connectivity index (χ4v) is 2.17.